The van der Waals surface area contributed by atoms with E-state index in [0.29, 0.717) is 6.54 Å². The first-order valence-corrected chi connectivity index (χ1v) is 7.47. The predicted octanol–water partition coefficient (Wildman–Crippen LogP) is 2.44. The summed E-state index contributed by atoms with van der Waals surface area (Å²) in [6.45, 7) is 0.552. The third-order valence-electron chi connectivity index (χ3n) is 2.61. The summed E-state index contributed by atoms with van der Waals surface area (Å²) in [5.41, 5.74) is 1.93. The van der Waals surface area contributed by atoms with E-state index in [-0.39, 0.29) is 0 Å². The van der Waals surface area contributed by atoms with Gasteiger partial charge in [-0.25, -0.2) is 13.9 Å². The lowest BCUT2D eigenvalue weighted by Gasteiger charge is -2.01. The molecule has 3 heterocycles. The molecule has 0 aliphatic rings. The Hall–Kier alpha value is -1.50. The monoisotopic (exact) mass is 277 g/mol. The molecule has 0 spiro atoms. The van der Waals surface area contributed by atoms with E-state index in [0.717, 1.165) is 20.8 Å². The van der Waals surface area contributed by atoms with Gasteiger partial charge in [-0.2, -0.15) is 0 Å². The van der Waals surface area contributed by atoms with Crippen molar-refractivity contribution in [1.29, 1.82) is 0 Å². The summed E-state index contributed by atoms with van der Waals surface area (Å²) in [4.78, 5) is 7.32. The first kappa shape index (κ1) is 11.6. The van der Waals surface area contributed by atoms with Crippen molar-refractivity contribution >= 4 is 33.4 Å². The molecule has 0 radical (unpaired) electrons. The Bertz CT molecular complexity index is 676. The number of aromatic nitrogens is 2. The number of fused-ring (bicyclic) bond motifs is 1. The van der Waals surface area contributed by atoms with E-state index in [1.165, 1.54) is 11.3 Å². The third kappa shape index (κ3) is 2.22. The molecule has 0 saturated carbocycles. The Morgan fingerprint density at radius 1 is 1.39 bits per heavy atom. The topological polar surface area (TPSA) is 57.8 Å². The number of hydrogen-bond acceptors (Lipinski definition) is 3. The van der Waals surface area contributed by atoms with E-state index in [9.17, 15) is 4.21 Å². The first-order valence-electron chi connectivity index (χ1n) is 5.44. The summed E-state index contributed by atoms with van der Waals surface area (Å²) < 4.78 is 15.8. The maximum absolute atomic E-state index is 11.9. The maximum Gasteiger partial charge on any atom is 0.137 e. The molecule has 0 bridgehead atoms. The summed E-state index contributed by atoms with van der Waals surface area (Å²) in [7, 11) is -1.15. The number of thiophene rings is 1. The van der Waals surface area contributed by atoms with Crippen LogP contribution in [0, 0.1) is 0 Å². The number of H-pyrrole nitrogens is 1. The molecule has 92 valence electrons. The molecule has 0 aromatic carbocycles. The van der Waals surface area contributed by atoms with Crippen LogP contribution in [0.2, 0.25) is 0 Å². The van der Waals surface area contributed by atoms with Gasteiger partial charge in [0, 0.05) is 24.3 Å². The van der Waals surface area contributed by atoms with Gasteiger partial charge in [0.05, 0.1) is 0 Å². The molecule has 3 aromatic rings. The zero-order valence-corrected chi connectivity index (χ0v) is 11.1. The zero-order valence-electron chi connectivity index (χ0n) is 9.42. The van der Waals surface area contributed by atoms with E-state index in [1.54, 1.807) is 6.20 Å². The summed E-state index contributed by atoms with van der Waals surface area (Å²) >= 11 is 1.49. The fourth-order valence-corrected chi connectivity index (χ4v) is 3.51. The molecule has 3 aromatic heterocycles. The molecule has 0 amide bonds. The Morgan fingerprint density at radius 2 is 2.33 bits per heavy atom. The number of nitrogens with one attached hydrogen (secondary N) is 2. The molecule has 0 aliphatic carbocycles. The van der Waals surface area contributed by atoms with Crippen LogP contribution in [0.15, 0.2) is 46.2 Å². The van der Waals surface area contributed by atoms with Crippen molar-refractivity contribution in [3.05, 3.63) is 47.6 Å². The zero-order chi connectivity index (χ0) is 12.4. The van der Waals surface area contributed by atoms with E-state index < -0.39 is 11.0 Å². The second-order valence-corrected chi connectivity index (χ2v) is 6.21. The van der Waals surface area contributed by atoms with E-state index in [4.69, 9.17) is 0 Å². The predicted molar refractivity (Wildman–Crippen MR) is 73.7 cm³/mol. The highest BCUT2D eigenvalue weighted by molar-refractivity contribution is 7.85. The van der Waals surface area contributed by atoms with Crippen LogP contribution in [0.3, 0.4) is 0 Å². The van der Waals surface area contributed by atoms with Crippen LogP contribution in [0.5, 0.6) is 0 Å². The van der Waals surface area contributed by atoms with Gasteiger partial charge in [-0.1, -0.05) is 6.07 Å². The summed E-state index contributed by atoms with van der Waals surface area (Å²) in [6, 6.07) is 7.67. The summed E-state index contributed by atoms with van der Waals surface area (Å²) in [6.07, 6.45) is 3.65. The fourth-order valence-electron chi connectivity index (χ4n) is 1.74. The van der Waals surface area contributed by atoms with Gasteiger partial charge in [0.25, 0.3) is 0 Å². The van der Waals surface area contributed by atoms with Crippen molar-refractivity contribution in [3.8, 4) is 0 Å². The number of nitrogens with zero attached hydrogens (tertiary/aromatic N) is 1. The van der Waals surface area contributed by atoms with Gasteiger partial charge in [0.2, 0.25) is 0 Å². The van der Waals surface area contributed by atoms with Crippen molar-refractivity contribution in [2.45, 2.75) is 10.8 Å². The van der Waals surface area contributed by atoms with Gasteiger partial charge in [-0.05, 0) is 29.1 Å². The number of pyridine rings is 1. The third-order valence-corrected chi connectivity index (χ3v) is 4.92. The average molecular weight is 277 g/mol. The molecule has 6 heteroatoms. The van der Waals surface area contributed by atoms with Crippen LogP contribution in [0.4, 0.5) is 0 Å². The summed E-state index contributed by atoms with van der Waals surface area (Å²) in [5.74, 6) is 0. The molecule has 0 fully saturated rings. The van der Waals surface area contributed by atoms with Crippen LogP contribution in [-0.2, 0) is 17.5 Å². The molecule has 4 nitrogen and oxygen atoms in total. The van der Waals surface area contributed by atoms with Gasteiger partial charge in [-0.15, -0.1) is 11.3 Å². The second kappa shape index (κ2) is 5.01. The highest BCUT2D eigenvalue weighted by Gasteiger charge is 2.07. The largest absolute Gasteiger partial charge is 0.346 e. The lowest BCUT2D eigenvalue weighted by atomic mass is 10.2. The minimum Gasteiger partial charge on any atom is -0.346 e. The minimum atomic E-state index is -1.15. The van der Waals surface area contributed by atoms with Gasteiger partial charge in [0.1, 0.15) is 20.8 Å². The fraction of sp³-hybridized carbons (Fsp3) is 0.0833. The average Bonchev–Trinajstić information content (AvgIpc) is 3.06. The lowest BCUT2D eigenvalue weighted by Crippen LogP contribution is -2.15. The van der Waals surface area contributed by atoms with Gasteiger partial charge in [0.15, 0.2) is 0 Å². The molecule has 0 saturated heterocycles. The van der Waals surface area contributed by atoms with E-state index >= 15 is 0 Å². The Labute approximate surface area is 111 Å². The van der Waals surface area contributed by atoms with E-state index in [1.807, 2.05) is 35.8 Å². The molecular weight excluding hydrogens is 266 g/mol. The highest BCUT2D eigenvalue weighted by Crippen LogP contribution is 2.17. The van der Waals surface area contributed by atoms with E-state index in [2.05, 4.69) is 14.7 Å². The van der Waals surface area contributed by atoms with Crippen molar-refractivity contribution in [2.75, 3.05) is 0 Å². The molecule has 2 N–H and O–H groups in total. The van der Waals surface area contributed by atoms with Crippen molar-refractivity contribution in [2.24, 2.45) is 0 Å². The molecule has 1 unspecified atom stereocenters. The van der Waals surface area contributed by atoms with Crippen LogP contribution in [0.25, 0.3) is 11.0 Å². The standard InChI is InChI=1S/C12H11N3OS2/c16-18(11-4-2-6-17-11)15-8-9-7-14-12-10(9)3-1-5-13-12/h1-7,15H,8H2,(H,13,14). The number of rotatable bonds is 4. The lowest BCUT2D eigenvalue weighted by molar-refractivity contribution is 0.673. The van der Waals surface area contributed by atoms with Crippen LogP contribution in [-0.4, -0.2) is 14.2 Å². The molecule has 3 rings (SSSR count). The van der Waals surface area contributed by atoms with Crippen LogP contribution in [0.1, 0.15) is 5.56 Å². The van der Waals surface area contributed by atoms with Gasteiger partial charge in [-0.3, -0.25) is 0 Å². The van der Waals surface area contributed by atoms with Crippen molar-refractivity contribution < 1.29 is 4.21 Å². The minimum absolute atomic E-state index is 0.552. The number of aromatic amines is 1. The smallest absolute Gasteiger partial charge is 0.137 e. The van der Waals surface area contributed by atoms with Crippen molar-refractivity contribution in [1.82, 2.24) is 14.7 Å². The molecule has 18 heavy (non-hydrogen) atoms. The summed E-state index contributed by atoms with van der Waals surface area (Å²) in [5, 5.41) is 2.98. The highest BCUT2D eigenvalue weighted by atomic mass is 32.2. The van der Waals surface area contributed by atoms with Crippen LogP contribution < -0.4 is 4.72 Å². The first-order chi connectivity index (χ1) is 8.84. The Balaban J connectivity index is 1.76. The molecule has 0 aliphatic heterocycles. The normalized spacial score (nSPS) is 12.9. The van der Waals surface area contributed by atoms with Gasteiger partial charge >= 0.3 is 0 Å². The van der Waals surface area contributed by atoms with Crippen LogP contribution >= 0.6 is 11.3 Å². The Kier molecular flexibility index (Phi) is 3.22. The molecule has 1 atom stereocenters. The quantitative estimate of drug-likeness (QED) is 0.769. The Morgan fingerprint density at radius 3 is 3.17 bits per heavy atom. The SMILES string of the molecule is O=S(NCc1c[nH]c2ncccc12)c1cccs1. The van der Waals surface area contributed by atoms with Gasteiger partial charge < -0.3 is 4.98 Å². The molecular formula is C12H11N3OS2. The number of hydrogen-bond donors (Lipinski definition) is 2. The second-order valence-electron chi connectivity index (χ2n) is 3.74. The van der Waals surface area contributed by atoms with Crippen molar-refractivity contribution in [3.63, 3.8) is 0 Å². The maximum atomic E-state index is 11.9.